The van der Waals surface area contributed by atoms with Crippen LogP contribution in [0.5, 0.6) is 0 Å². The number of thiazole rings is 1. The molecule has 0 atom stereocenters. The van der Waals surface area contributed by atoms with Gasteiger partial charge in [-0.2, -0.15) is 0 Å². The summed E-state index contributed by atoms with van der Waals surface area (Å²) in [5.41, 5.74) is 0.868. The highest BCUT2D eigenvalue weighted by atomic mass is 35.5. The van der Waals surface area contributed by atoms with Crippen LogP contribution < -0.4 is 4.90 Å². The lowest BCUT2D eigenvalue weighted by atomic mass is 10.3. The SMILES string of the molecule is CSc1cccc2sc(N(CCN3CCOCC3)C(=O)CCS(=O)(=O)c3ccc(Cl)cc3)nc12. The highest BCUT2D eigenvalue weighted by Gasteiger charge is 2.24. The molecule has 1 amide bonds. The van der Waals surface area contributed by atoms with Crippen LogP contribution in [0.2, 0.25) is 5.02 Å². The average molecular weight is 540 g/mol. The normalized spacial score (nSPS) is 15.0. The number of para-hydroxylation sites is 1. The zero-order valence-electron chi connectivity index (χ0n) is 18.8. The van der Waals surface area contributed by atoms with Gasteiger partial charge in [-0.15, -0.1) is 11.8 Å². The van der Waals surface area contributed by atoms with Crippen molar-refractivity contribution < 1.29 is 17.9 Å². The second-order valence-electron chi connectivity index (χ2n) is 7.83. The molecule has 2 heterocycles. The van der Waals surface area contributed by atoms with Gasteiger partial charge in [0, 0.05) is 42.5 Å². The topological polar surface area (TPSA) is 79.8 Å². The van der Waals surface area contributed by atoms with Gasteiger partial charge in [0.05, 0.1) is 34.1 Å². The minimum atomic E-state index is -3.61. The van der Waals surface area contributed by atoms with Crippen LogP contribution in [0, 0.1) is 0 Å². The zero-order chi connectivity index (χ0) is 24.1. The van der Waals surface area contributed by atoms with Gasteiger partial charge in [0.2, 0.25) is 5.91 Å². The lowest BCUT2D eigenvalue weighted by Crippen LogP contribution is -2.43. The van der Waals surface area contributed by atoms with Crippen LogP contribution in [0.25, 0.3) is 10.2 Å². The van der Waals surface area contributed by atoms with Crippen molar-refractivity contribution in [2.24, 2.45) is 0 Å². The summed E-state index contributed by atoms with van der Waals surface area (Å²) in [6, 6.07) is 12.0. The van der Waals surface area contributed by atoms with E-state index in [1.807, 2.05) is 24.5 Å². The summed E-state index contributed by atoms with van der Waals surface area (Å²) < 4.78 is 32.0. The number of amides is 1. The van der Waals surface area contributed by atoms with Crippen LogP contribution >= 0.6 is 34.7 Å². The number of carbonyl (C=O) groups excluding carboxylic acids is 1. The lowest BCUT2D eigenvalue weighted by molar-refractivity contribution is -0.118. The summed E-state index contributed by atoms with van der Waals surface area (Å²) in [7, 11) is -3.61. The van der Waals surface area contributed by atoms with Crippen LogP contribution in [0.15, 0.2) is 52.3 Å². The Bertz CT molecular complexity index is 1240. The van der Waals surface area contributed by atoms with Crippen molar-refractivity contribution in [3.63, 3.8) is 0 Å². The first kappa shape index (κ1) is 25.4. The summed E-state index contributed by atoms with van der Waals surface area (Å²) >= 11 is 8.94. The fraction of sp³-hybridized carbons (Fsp3) is 0.391. The fourth-order valence-corrected chi connectivity index (χ4v) is 6.72. The number of ether oxygens (including phenoxy) is 1. The lowest BCUT2D eigenvalue weighted by Gasteiger charge is -2.29. The molecule has 3 aromatic rings. The second kappa shape index (κ2) is 11.4. The number of aromatic nitrogens is 1. The number of sulfone groups is 1. The molecule has 1 aliphatic heterocycles. The fourth-order valence-electron chi connectivity index (χ4n) is 3.70. The maximum atomic E-state index is 13.3. The summed E-state index contributed by atoms with van der Waals surface area (Å²) in [5.74, 6) is -0.529. The number of carbonyl (C=O) groups is 1. The molecule has 7 nitrogen and oxygen atoms in total. The smallest absolute Gasteiger partial charge is 0.229 e. The Morgan fingerprint density at radius 1 is 1.21 bits per heavy atom. The Morgan fingerprint density at radius 3 is 2.65 bits per heavy atom. The molecule has 1 aliphatic rings. The van der Waals surface area contributed by atoms with Gasteiger partial charge in [-0.3, -0.25) is 14.6 Å². The Balaban J connectivity index is 1.54. The van der Waals surface area contributed by atoms with Gasteiger partial charge < -0.3 is 4.74 Å². The molecule has 34 heavy (non-hydrogen) atoms. The highest BCUT2D eigenvalue weighted by Crippen LogP contribution is 2.34. The van der Waals surface area contributed by atoms with E-state index in [1.165, 1.54) is 35.6 Å². The highest BCUT2D eigenvalue weighted by molar-refractivity contribution is 7.98. The van der Waals surface area contributed by atoms with E-state index in [-0.39, 0.29) is 23.0 Å². The van der Waals surface area contributed by atoms with Crippen LogP contribution in [0.1, 0.15) is 6.42 Å². The first-order chi connectivity index (χ1) is 16.4. The van der Waals surface area contributed by atoms with Crippen LogP contribution in [0.3, 0.4) is 0 Å². The predicted molar refractivity (Wildman–Crippen MR) is 139 cm³/mol. The Morgan fingerprint density at radius 2 is 1.94 bits per heavy atom. The van der Waals surface area contributed by atoms with Crippen LogP contribution in [-0.4, -0.2) is 75.6 Å². The Labute approximate surface area is 213 Å². The van der Waals surface area contributed by atoms with Gasteiger partial charge in [0.25, 0.3) is 0 Å². The molecule has 2 aromatic carbocycles. The largest absolute Gasteiger partial charge is 0.379 e. The number of hydrogen-bond donors (Lipinski definition) is 0. The van der Waals surface area contributed by atoms with Crippen LogP contribution in [-0.2, 0) is 19.4 Å². The van der Waals surface area contributed by atoms with Gasteiger partial charge >= 0.3 is 0 Å². The van der Waals surface area contributed by atoms with Crippen molar-refractivity contribution in [1.29, 1.82) is 0 Å². The number of morpholine rings is 1. The van der Waals surface area contributed by atoms with E-state index in [4.69, 9.17) is 21.3 Å². The second-order valence-corrected chi connectivity index (χ2v) is 12.2. The van der Waals surface area contributed by atoms with Crippen molar-refractivity contribution in [2.45, 2.75) is 16.2 Å². The number of hydrogen-bond acceptors (Lipinski definition) is 8. The minimum absolute atomic E-state index is 0.126. The first-order valence-corrected chi connectivity index (χ1v) is 15.0. The van der Waals surface area contributed by atoms with Crippen molar-refractivity contribution in [2.75, 3.05) is 56.3 Å². The van der Waals surface area contributed by atoms with Crippen molar-refractivity contribution >= 4 is 65.8 Å². The molecule has 0 bridgehead atoms. The molecular weight excluding hydrogens is 514 g/mol. The molecule has 1 aromatic heterocycles. The van der Waals surface area contributed by atoms with E-state index in [2.05, 4.69) is 4.90 Å². The molecule has 182 valence electrons. The molecule has 11 heteroatoms. The molecule has 0 radical (unpaired) electrons. The molecule has 4 rings (SSSR count). The quantitative estimate of drug-likeness (QED) is 0.377. The summed E-state index contributed by atoms with van der Waals surface area (Å²) in [5, 5.41) is 1.06. The zero-order valence-corrected chi connectivity index (χ0v) is 22.0. The molecule has 0 aliphatic carbocycles. The minimum Gasteiger partial charge on any atom is -0.379 e. The Kier molecular flexibility index (Phi) is 8.49. The third-order valence-corrected chi connectivity index (χ3v) is 9.42. The maximum absolute atomic E-state index is 13.3. The predicted octanol–water partition coefficient (Wildman–Crippen LogP) is 4.20. The van der Waals surface area contributed by atoms with E-state index in [9.17, 15) is 13.2 Å². The van der Waals surface area contributed by atoms with E-state index < -0.39 is 9.84 Å². The molecule has 0 N–H and O–H groups in total. The standard InChI is InChI=1S/C23H26ClN3O4S3/c1-32-19-3-2-4-20-22(19)25-23(33-20)27(11-10-26-12-14-31-15-13-26)21(28)9-16-34(29,30)18-7-5-17(24)6-8-18/h2-8H,9-16H2,1H3. The first-order valence-electron chi connectivity index (χ1n) is 10.9. The summed E-state index contributed by atoms with van der Waals surface area (Å²) in [6.45, 7) is 4.07. The molecule has 0 unspecified atom stereocenters. The maximum Gasteiger partial charge on any atom is 0.229 e. The third kappa shape index (κ3) is 6.10. The van der Waals surface area contributed by atoms with Gasteiger partial charge in [-0.25, -0.2) is 13.4 Å². The average Bonchev–Trinajstić information content (AvgIpc) is 3.28. The van der Waals surface area contributed by atoms with Gasteiger partial charge in [-0.05, 0) is 42.7 Å². The number of rotatable bonds is 9. The van der Waals surface area contributed by atoms with Gasteiger partial charge in [-0.1, -0.05) is 29.0 Å². The van der Waals surface area contributed by atoms with E-state index in [0.29, 0.717) is 36.5 Å². The number of benzene rings is 2. The molecule has 1 fully saturated rings. The summed E-state index contributed by atoms with van der Waals surface area (Å²) in [6.07, 6.45) is 1.87. The number of fused-ring (bicyclic) bond motifs is 1. The van der Waals surface area contributed by atoms with E-state index in [1.54, 1.807) is 16.7 Å². The molecular formula is C23H26ClN3O4S3. The monoisotopic (exact) mass is 539 g/mol. The van der Waals surface area contributed by atoms with Crippen LogP contribution in [0.4, 0.5) is 5.13 Å². The van der Waals surface area contributed by atoms with E-state index >= 15 is 0 Å². The van der Waals surface area contributed by atoms with Crippen molar-refractivity contribution in [3.8, 4) is 0 Å². The molecule has 1 saturated heterocycles. The Hall–Kier alpha value is -1.69. The molecule has 0 saturated carbocycles. The van der Waals surface area contributed by atoms with E-state index in [0.717, 1.165) is 28.2 Å². The summed E-state index contributed by atoms with van der Waals surface area (Å²) in [4.78, 5) is 23.2. The van der Waals surface area contributed by atoms with Crippen molar-refractivity contribution in [3.05, 3.63) is 47.5 Å². The third-order valence-electron chi connectivity index (χ3n) is 5.62. The number of thioether (sulfide) groups is 1. The van der Waals surface area contributed by atoms with Crippen molar-refractivity contribution in [1.82, 2.24) is 9.88 Å². The molecule has 0 spiro atoms. The van der Waals surface area contributed by atoms with Gasteiger partial charge in [0.15, 0.2) is 15.0 Å². The number of nitrogens with zero attached hydrogens (tertiary/aromatic N) is 3. The van der Waals surface area contributed by atoms with Gasteiger partial charge in [0.1, 0.15) is 0 Å². The number of halogens is 1. The number of anilines is 1.